The molecule has 0 fully saturated rings. The molecule has 6 N–H and O–H groups in total. The van der Waals surface area contributed by atoms with Crippen molar-refractivity contribution in [3.63, 3.8) is 0 Å². The van der Waals surface area contributed by atoms with Gasteiger partial charge in [0.1, 0.15) is 16.6 Å². The van der Waals surface area contributed by atoms with Crippen LogP contribution >= 0.6 is 11.3 Å². The number of carbonyl (C=O) groups excluding carboxylic acids is 2. The van der Waals surface area contributed by atoms with Gasteiger partial charge in [0.15, 0.2) is 0 Å². The van der Waals surface area contributed by atoms with Gasteiger partial charge in [-0.2, -0.15) is 0 Å². The van der Waals surface area contributed by atoms with E-state index in [4.69, 9.17) is 10.8 Å². The van der Waals surface area contributed by atoms with Gasteiger partial charge < -0.3 is 31.5 Å². The minimum Gasteiger partial charge on any atom is -0.395 e. The lowest BCUT2D eigenvalue weighted by atomic mass is 9.96. The first-order valence-corrected chi connectivity index (χ1v) is 12.1. The number of thiophene rings is 1. The van der Waals surface area contributed by atoms with Crippen LogP contribution in [-0.4, -0.2) is 58.7 Å². The molecule has 0 bridgehead atoms. The fourth-order valence-electron chi connectivity index (χ4n) is 3.37. The average Bonchev–Trinajstić information content (AvgIpc) is 3.22. The van der Waals surface area contributed by atoms with Gasteiger partial charge in [-0.3, -0.25) is 9.59 Å². The molecule has 11 heteroatoms. The Hall–Kier alpha value is -3.38. The number of likely N-dealkylation sites (N-methyl/N-ethyl adjacent to an activating group) is 1. The summed E-state index contributed by atoms with van der Waals surface area (Å²) in [7, 11) is 1.61. The smallest absolute Gasteiger partial charge is 0.251 e. The number of primary amides is 1. The molecule has 1 aromatic carbocycles. The molecule has 0 spiro atoms. The topological polar surface area (TPSA) is 141 Å². The highest BCUT2D eigenvalue weighted by molar-refractivity contribution is 7.19. The summed E-state index contributed by atoms with van der Waals surface area (Å²) in [6.45, 7) is 3.72. The molecule has 2 aromatic heterocycles. The molecule has 36 heavy (non-hydrogen) atoms. The van der Waals surface area contributed by atoms with E-state index in [0.717, 1.165) is 11.3 Å². The fourth-order valence-corrected chi connectivity index (χ4v) is 4.46. The number of halogens is 1. The van der Waals surface area contributed by atoms with E-state index in [0.29, 0.717) is 33.5 Å². The van der Waals surface area contributed by atoms with Crippen LogP contribution in [0.1, 0.15) is 35.5 Å². The lowest BCUT2D eigenvalue weighted by Gasteiger charge is -2.18. The van der Waals surface area contributed by atoms with Crippen LogP contribution in [0.4, 0.5) is 15.2 Å². The number of carbonyl (C=O) groups is 2. The second kappa shape index (κ2) is 11.6. The molecular weight excluding hydrogens is 485 g/mol. The summed E-state index contributed by atoms with van der Waals surface area (Å²) in [5, 5.41) is 25.6. The average molecular weight is 516 g/mol. The summed E-state index contributed by atoms with van der Waals surface area (Å²) < 4.78 is 14.9. The zero-order valence-electron chi connectivity index (χ0n) is 20.3. The molecule has 0 saturated heterocycles. The standard InChI is InChI=1S/C25H30FN5O4S/c1-25(2,35)15-7-8-17(19(26)11-15)20-12-18(23(27)34)24(36-20)30-21-6-4-5-16(29-21)13-28-14-22(33)31(3)9-10-32/h4-8,11-12,28,32,35H,9-10,13-14H2,1-3H3,(H2,27,34)(H,29,30). The molecule has 192 valence electrons. The molecule has 9 nitrogen and oxygen atoms in total. The summed E-state index contributed by atoms with van der Waals surface area (Å²) in [6.07, 6.45) is 0. The Kier molecular flexibility index (Phi) is 8.75. The number of aromatic nitrogens is 1. The number of amides is 2. The van der Waals surface area contributed by atoms with E-state index in [1.54, 1.807) is 51.2 Å². The molecule has 2 amide bonds. The molecule has 0 saturated carbocycles. The zero-order chi connectivity index (χ0) is 26.5. The number of benzene rings is 1. The van der Waals surface area contributed by atoms with Crippen molar-refractivity contribution >= 4 is 34.0 Å². The minimum absolute atomic E-state index is 0.0910. The highest BCUT2D eigenvalue weighted by atomic mass is 32.1. The minimum atomic E-state index is -1.19. The maximum atomic E-state index is 14.9. The van der Waals surface area contributed by atoms with Crippen LogP contribution in [0.5, 0.6) is 0 Å². The van der Waals surface area contributed by atoms with E-state index in [-0.39, 0.29) is 36.7 Å². The van der Waals surface area contributed by atoms with Crippen molar-refractivity contribution in [1.82, 2.24) is 15.2 Å². The van der Waals surface area contributed by atoms with E-state index in [1.165, 1.54) is 17.0 Å². The molecular formula is C25H30FN5O4S. The lowest BCUT2D eigenvalue weighted by molar-refractivity contribution is -0.129. The third kappa shape index (κ3) is 6.85. The van der Waals surface area contributed by atoms with Gasteiger partial charge >= 0.3 is 0 Å². The van der Waals surface area contributed by atoms with Gasteiger partial charge in [-0.15, -0.1) is 11.3 Å². The number of nitrogens with zero attached hydrogens (tertiary/aromatic N) is 2. The number of nitrogens with one attached hydrogen (secondary N) is 2. The van der Waals surface area contributed by atoms with E-state index in [1.807, 2.05) is 0 Å². The van der Waals surface area contributed by atoms with Crippen LogP contribution in [-0.2, 0) is 16.9 Å². The second-order valence-corrected chi connectivity index (χ2v) is 9.81. The van der Waals surface area contributed by atoms with Crippen molar-refractivity contribution < 1.29 is 24.2 Å². The predicted molar refractivity (Wildman–Crippen MR) is 137 cm³/mol. The molecule has 0 unspecified atom stereocenters. The maximum absolute atomic E-state index is 14.9. The first-order chi connectivity index (χ1) is 17.0. The molecule has 3 aromatic rings. The highest BCUT2D eigenvalue weighted by Crippen LogP contribution is 2.38. The number of hydrogen-bond donors (Lipinski definition) is 5. The van der Waals surface area contributed by atoms with Crippen LogP contribution in [0.2, 0.25) is 0 Å². The number of nitrogens with two attached hydrogens (primary N) is 1. The Morgan fingerprint density at radius 1 is 1.22 bits per heavy atom. The number of aliphatic hydroxyl groups is 2. The van der Waals surface area contributed by atoms with Crippen LogP contribution in [0.3, 0.4) is 0 Å². The van der Waals surface area contributed by atoms with E-state index < -0.39 is 17.3 Å². The first kappa shape index (κ1) is 27.2. The molecule has 0 radical (unpaired) electrons. The normalized spacial score (nSPS) is 11.4. The lowest BCUT2D eigenvalue weighted by Crippen LogP contribution is -2.36. The molecule has 2 heterocycles. The van der Waals surface area contributed by atoms with Crippen LogP contribution in [0.25, 0.3) is 10.4 Å². The molecule has 0 aliphatic carbocycles. The van der Waals surface area contributed by atoms with Crippen LogP contribution in [0.15, 0.2) is 42.5 Å². The van der Waals surface area contributed by atoms with E-state index in [9.17, 15) is 19.1 Å². The van der Waals surface area contributed by atoms with Gasteiger partial charge in [-0.05, 0) is 43.7 Å². The van der Waals surface area contributed by atoms with Crippen molar-refractivity contribution in [2.45, 2.75) is 26.0 Å². The van der Waals surface area contributed by atoms with Gasteiger partial charge in [0.05, 0.1) is 30.0 Å². The van der Waals surface area contributed by atoms with Crippen molar-refractivity contribution in [3.8, 4) is 10.4 Å². The van der Waals surface area contributed by atoms with Crippen LogP contribution < -0.4 is 16.4 Å². The summed E-state index contributed by atoms with van der Waals surface area (Å²) in [5.41, 5.74) is 5.95. The molecule has 0 aliphatic heterocycles. The second-order valence-electron chi connectivity index (χ2n) is 8.75. The highest BCUT2D eigenvalue weighted by Gasteiger charge is 2.21. The van der Waals surface area contributed by atoms with Crippen molar-refractivity contribution in [2.75, 3.05) is 32.1 Å². The first-order valence-electron chi connectivity index (χ1n) is 11.2. The van der Waals surface area contributed by atoms with Gasteiger partial charge in [0, 0.05) is 30.6 Å². The Bertz CT molecular complexity index is 1240. The fraction of sp³-hybridized carbons (Fsp3) is 0.320. The number of anilines is 2. The van der Waals surface area contributed by atoms with Gasteiger partial charge in [-0.1, -0.05) is 18.2 Å². The monoisotopic (exact) mass is 515 g/mol. The van der Waals surface area contributed by atoms with Crippen molar-refractivity contribution in [2.24, 2.45) is 5.73 Å². The van der Waals surface area contributed by atoms with Gasteiger partial charge in [-0.25, -0.2) is 9.37 Å². The summed E-state index contributed by atoms with van der Waals surface area (Å²) in [5.74, 6) is -0.897. The summed E-state index contributed by atoms with van der Waals surface area (Å²) >= 11 is 1.16. The summed E-state index contributed by atoms with van der Waals surface area (Å²) in [4.78, 5) is 30.5. The van der Waals surface area contributed by atoms with E-state index in [2.05, 4.69) is 15.6 Å². The predicted octanol–water partition coefficient (Wildman–Crippen LogP) is 2.56. The third-order valence-corrected chi connectivity index (χ3v) is 6.51. The molecule has 0 atom stereocenters. The van der Waals surface area contributed by atoms with Crippen molar-refractivity contribution in [1.29, 1.82) is 0 Å². The maximum Gasteiger partial charge on any atom is 0.251 e. The largest absolute Gasteiger partial charge is 0.395 e. The summed E-state index contributed by atoms with van der Waals surface area (Å²) in [6, 6.07) is 11.3. The van der Waals surface area contributed by atoms with Gasteiger partial charge in [0.2, 0.25) is 5.91 Å². The molecule has 3 rings (SSSR count). The number of hydrogen-bond acceptors (Lipinski definition) is 8. The third-order valence-electron chi connectivity index (χ3n) is 5.43. The number of pyridine rings is 1. The van der Waals surface area contributed by atoms with Gasteiger partial charge in [0.25, 0.3) is 5.91 Å². The Morgan fingerprint density at radius 3 is 2.61 bits per heavy atom. The Morgan fingerprint density at radius 2 is 1.97 bits per heavy atom. The SMILES string of the molecule is CN(CCO)C(=O)CNCc1cccc(Nc2sc(-c3ccc(C(C)(C)O)cc3F)cc2C(N)=O)n1. The van der Waals surface area contributed by atoms with Crippen LogP contribution in [0, 0.1) is 5.82 Å². The number of aliphatic hydroxyl groups excluding tert-OH is 1. The number of rotatable bonds is 11. The Balaban J connectivity index is 1.77. The van der Waals surface area contributed by atoms with E-state index >= 15 is 0 Å². The quantitative estimate of drug-likeness (QED) is 0.264. The Labute approximate surface area is 212 Å². The van der Waals surface area contributed by atoms with Crippen molar-refractivity contribution in [3.05, 3.63) is 65.1 Å². The zero-order valence-corrected chi connectivity index (χ0v) is 21.2. The molecule has 0 aliphatic rings.